The Bertz CT molecular complexity index is 334. The Balaban J connectivity index is 2.02. The minimum Gasteiger partial charge on any atom is -0.381 e. The van der Waals surface area contributed by atoms with Gasteiger partial charge in [0.05, 0.1) is 10.7 Å². The summed E-state index contributed by atoms with van der Waals surface area (Å²) < 4.78 is 1.02. The highest BCUT2D eigenvalue weighted by atomic mass is 79.9. The summed E-state index contributed by atoms with van der Waals surface area (Å²) in [5.74, 6) is 0.863. The van der Waals surface area contributed by atoms with Crippen LogP contribution in [0.3, 0.4) is 0 Å². The third-order valence-corrected chi connectivity index (χ3v) is 3.47. The number of hydrogen-bond acceptors (Lipinski definition) is 1. The summed E-state index contributed by atoms with van der Waals surface area (Å²) in [6.45, 7) is 2.28. The number of benzene rings is 1. The van der Waals surface area contributed by atoms with Crippen molar-refractivity contribution in [2.75, 3.05) is 5.32 Å². The molecule has 14 heavy (non-hydrogen) atoms. The lowest BCUT2D eigenvalue weighted by molar-refractivity contribution is 0.309. The predicted octanol–water partition coefficient (Wildman–Crippen LogP) is 4.31. The van der Waals surface area contributed by atoms with E-state index in [1.807, 2.05) is 18.2 Å². The minimum absolute atomic E-state index is 0.615. The second kappa shape index (κ2) is 4.11. The van der Waals surface area contributed by atoms with Gasteiger partial charge >= 0.3 is 0 Å². The van der Waals surface area contributed by atoms with E-state index < -0.39 is 0 Å². The largest absolute Gasteiger partial charge is 0.381 e. The van der Waals surface area contributed by atoms with Crippen LogP contribution in [0.25, 0.3) is 0 Å². The van der Waals surface area contributed by atoms with Gasteiger partial charge in [-0.05, 0) is 37.0 Å². The molecule has 76 valence electrons. The van der Waals surface area contributed by atoms with Gasteiger partial charge in [0.25, 0.3) is 0 Å². The van der Waals surface area contributed by atoms with E-state index in [4.69, 9.17) is 11.6 Å². The van der Waals surface area contributed by atoms with Gasteiger partial charge in [-0.3, -0.25) is 0 Å². The van der Waals surface area contributed by atoms with Gasteiger partial charge in [-0.15, -0.1) is 0 Å². The van der Waals surface area contributed by atoms with Crippen molar-refractivity contribution in [1.82, 2.24) is 0 Å². The van der Waals surface area contributed by atoms with Crippen LogP contribution in [0.2, 0.25) is 5.02 Å². The Labute approximate surface area is 98.0 Å². The molecule has 1 nitrogen and oxygen atoms in total. The molecule has 0 amide bonds. The summed E-state index contributed by atoms with van der Waals surface area (Å²) in [5.41, 5.74) is 1.05. The topological polar surface area (TPSA) is 12.0 Å². The molecule has 1 N–H and O–H groups in total. The van der Waals surface area contributed by atoms with Gasteiger partial charge in [-0.1, -0.05) is 34.5 Å². The summed E-state index contributed by atoms with van der Waals surface area (Å²) in [7, 11) is 0. The number of hydrogen-bond donors (Lipinski definition) is 1. The monoisotopic (exact) mass is 273 g/mol. The molecule has 1 aromatic carbocycles. The van der Waals surface area contributed by atoms with Gasteiger partial charge in [-0.2, -0.15) is 0 Å². The Morgan fingerprint density at radius 3 is 2.71 bits per heavy atom. The first-order valence-corrected chi connectivity index (χ1v) is 6.04. The average molecular weight is 275 g/mol. The molecule has 0 unspecified atom stereocenters. The van der Waals surface area contributed by atoms with Crippen molar-refractivity contribution in [2.45, 2.75) is 25.8 Å². The number of halogens is 2. The summed E-state index contributed by atoms with van der Waals surface area (Å²) in [5, 5.41) is 4.24. The van der Waals surface area contributed by atoms with Gasteiger partial charge in [0.1, 0.15) is 0 Å². The fraction of sp³-hybridized carbons (Fsp3) is 0.455. The molecular formula is C11H13BrClN. The highest BCUT2D eigenvalue weighted by molar-refractivity contribution is 9.10. The molecule has 1 saturated carbocycles. The molecule has 1 aromatic rings. The van der Waals surface area contributed by atoms with Crippen LogP contribution >= 0.6 is 27.5 Å². The lowest BCUT2D eigenvalue weighted by Gasteiger charge is -2.34. The normalized spacial score (nSPS) is 25.6. The summed E-state index contributed by atoms with van der Waals surface area (Å²) >= 11 is 9.49. The Kier molecular flexibility index (Phi) is 3.03. The van der Waals surface area contributed by atoms with E-state index in [-0.39, 0.29) is 0 Å². The van der Waals surface area contributed by atoms with Gasteiger partial charge in [-0.25, -0.2) is 0 Å². The van der Waals surface area contributed by atoms with Crippen molar-refractivity contribution >= 4 is 33.2 Å². The van der Waals surface area contributed by atoms with Crippen molar-refractivity contribution in [1.29, 1.82) is 0 Å². The second-order valence-corrected chi connectivity index (χ2v) is 5.36. The van der Waals surface area contributed by atoms with E-state index in [0.717, 1.165) is 21.1 Å². The lowest BCUT2D eigenvalue weighted by Crippen LogP contribution is -2.33. The maximum atomic E-state index is 6.10. The van der Waals surface area contributed by atoms with Crippen molar-refractivity contribution in [3.63, 3.8) is 0 Å². The van der Waals surface area contributed by atoms with Gasteiger partial charge in [0.2, 0.25) is 0 Å². The molecule has 0 bridgehead atoms. The fourth-order valence-corrected chi connectivity index (χ4v) is 2.57. The molecule has 1 fully saturated rings. The van der Waals surface area contributed by atoms with E-state index in [9.17, 15) is 0 Å². The molecule has 1 aliphatic carbocycles. The SMILES string of the molecule is CC1CC(Nc2ccc(Br)cc2Cl)C1. The molecule has 0 radical (unpaired) electrons. The van der Waals surface area contributed by atoms with Crippen LogP contribution in [0.4, 0.5) is 5.69 Å². The van der Waals surface area contributed by atoms with Crippen molar-refractivity contribution in [3.05, 3.63) is 27.7 Å². The molecule has 0 aromatic heterocycles. The van der Waals surface area contributed by atoms with E-state index in [0.29, 0.717) is 6.04 Å². The summed E-state index contributed by atoms with van der Waals surface area (Å²) in [6, 6.07) is 6.57. The van der Waals surface area contributed by atoms with Crippen LogP contribution in [0.1, 0.15) is 19.8 Å². The second-order valence-electron chi connectivity index (χ2n) is 4.04. The molecule has 0 aliphatic heterocycles. The first kappa shape index (κ1) is 10.3. The van der Waals surface area contributed by atoms with E-state index in [1.165, 1.54) is 12.8 Å². The van der Waals surface area contributed by atoms with Crippen molar-refractivity contribution < 1.29 is 0 Å². The highest BCUT2D eigenvalue weighted by Gasteiger charge is 2.25. The molecule has 0 saturated heterocycles. The highest BCUT2D eigenvalue weighted by Crippen LogP contribution is 2.32. The summed E-state index contributed by atoms with van der Waals surface area (Å²) in [6.07, 6.45) is 2.51. The quantitative estimate of drug-likeness (QED) is 0.847. The van der Waals surface area contributed by atoms with Crippen LogP contribution in [0.15, 0.2) is 22.7 Å². The molecule has 3 heteroatoms. The van der Waals surface area contributed by atoms with Crippen LogP contribution in [0.5, 0.6) is 0 Å². The molecule has 0 atom stereocenters. The number of rotatable bonds is 2. The summed E-state index contributed by atoms with van der Waals surface area (Å²) in [4.78, 5) is 0. The molecule has 1 aliphatic rings. The van der Waals surface area contributed by atoms with Gasteiger partial charge in [0, 0.05) is 10.5 Å². The van der Waals surface area contributed by atoms with Crippen molar-refractivity contribution in [2.24, 2.45) is 5.92 Å². The smallest absolute Gasteiger partial charge is 0.0648 e. The Morgan fingerprint density at radius 1 is 1.43 bits per heavy atom. The third kappa shape index (κ3) is 2.23. The Hall–Kier alpha value is -0.210. The maximum absolute atomic E-state index is 6.10. The van der Waals surface area contributed by atoms with Gasteiger partial charge in [0.15, 0.2) is 0 Å². The number of nitrogens with one attached hydrogen (secondary N) is 1. The fourth-order valence-electron chi connectivity index (χ4n) is 1.85. The predicted molar refractivity (Wildman–Crippen MR) is 65.0 cm³/mol. The van der Waals surface area contributed by atoms with E-state index >= 15 is 0 Å². The van der Waals surface area contributed by atoms with E-state index in [2.05, 4.69) is 28.2 Å². The first-order chi connectivity index (χ1) is 6.65. The first-order valence-electron chi connectivity index (χ1n) is 4.87. The molecule has 2 rings (SSSR count). The lowest BCUT2D eigenvalue weighted by atomic mass is 9.82. The standard InChI is InChI=1S/C11H13BrClN/c1-7-4-9(5-7)14-11-3-2-8(12)6-10(11)13/h2-3,6-7,9,14H,4-5H2,1H3. The molecule has 0 heterocycles. The van der Waals surface area contributed by atoms with Crippen molar-refractivity contribution in [3.8, 4) is 0 Å². The Morgan fingerprint density at radius 2 is 2.14 bits per heavy atom. The van der Waals surface area contributed by atoms with Gasteiger partial charge < -0.3 is 5.32 Å². The zero-order valence-corrected chi connectivity index (χ0v) is 10.4. The third-order valence-electron chi connectivity index (χ3n) is 2.66. The van der Waals surface area contributed by atoms with Crippen LogP contribution in [0, 0.1) is 5.92 Å². The number of anilines is 1. The van der Waals surface area contributed by atoms with Crippen LogP contribution < -0.4 is 5.32 Å². The maximum Gasteiger partial charge on any atom is 0.0648 e. The zero-order valence-electron chi connectivity index (χ0n) is 8.06. The molecular weight excluding hydrogens is 261 g/mol. The molecule has 0 spiro atoms. The minimum atomic E-state index is 0.615. The van der Waals surface area contributed by atoms with Crippen LogP contribution in [-0.4, -0.2) is 6.04 Å². The average Bonchev–Trinajstić information content (AvgIpc) is 2.06. The van der Waals surface area contributed by atoms with E-state index in [1.54, 1.807) is 0 Å². The van der Waals surface area contributed by atoms with Crippen LogP contribution in [-0.2, 0) is 0 Å². The zero-order chi connectivity index (χ0) is 10.1.